The Bertz CT molecular complexity index is 839. The number of hydrogen-bond donors (Lipinski definition) is 1. The third-order valence-electron chi connectivity index (χ3n) is 3.92. The van der Waals surface area contributed by atoms with Gasteiger partial charge in [-0.3, -0.25) is 0 Å². The fourth-order valence-electron chi connectivity index (χ4n) is 2.92. The van der Waals surface area contributed by atoms with Gasteiger partial charge in [-0.05, 0) is 54.8 Å². The zero-order valence-corrected chi connectivity index (χ0v) is 15.1. The summed E-state index contributed by atoms with van der Waals surface area (Å²) in [7, 11) is 0. The topological polar surface area (TPSA) is 70.3 Å². The second kappa shape index (κ2) is 8.34. The van der Waals surface area contributed by atoms with Crippen molar-refractivity contribution in [2.24, 2.45) is 0 Å². The monoisotopic (exact) mass is 349 g/mol. The predicted octanol–water partition coefficient (Wildman–Crippen LogP) is 4.11. The zero-order chi connectivity index (χ0) is 18.4. The molecule has 0 unspecified atom stereocenters. The molecule has 0 aliphatic carbocycles. The van der Waals surface area contributed by atoms with Crippen molar-refractivity contribution in [3.05, 3.63) is 66.2 Å². The van der Waals surface area contributed by atoms with Gasteiger partial charge in [-0.25, -0.2) is 9.97 Å². The molecule has 0 aliphatic heterocycles. The Balaban J connectivity index is 2.10. The number of aromatic nitrogens is 2. The maximum Gasteiger partial charge on any atom is 0.131 e. The molecule has 134 valence electrons. The summed E-state index contributed by atoms with van der Waals surface area (Å²) < 4.78 is 11.9. The summed E-state index contributed by atoms with van der Waals surface area (Å²) in [5.41, 5.74) is 10.7. The van der Waals surface area contributed by atoms with E-state index in [-0.39, 0.29) is 0 Å². The van der Waals surface area contributed by atoms with Crippen molar-refractivity contribution in [1.82, 2.24) is 9.97 Å². The van der Waals surface area contributed by atoms with Gasteiger partial charge in [-0.2, -0.15) is 0 Å². The third-order valence-corrected chi connectivity index (χ3v) is 3.92. The van der Waals surface area contributed by atoms with Crippen molar-refractivity contribution >= 4 is 5.69 Å². The van der Waals surface area contributed by atoms with E-state index in [1.807, 2.05) is 50.5 Å². The van der Waals surface area contributed by atoms with Gasteiger partial charge >= 0.3 is 0 Å². The van der Waals surface area contributed by atoms with E-state index in [9.17, 15) is 0 Å². The molecule has 0 fully saturated rings. The van der Waals surface area contributed by atoms with Gasteiger partial charge < -0.3 is 15.2 Å². The van der Waals surface area contributed by atoms with Crippen molar-refractivity contribution < 1.29 is 9.47 Å². The van der Waals surface area contributed by atoms with Crippen molar-refractivity contribution in [3.63, 3.8) is 0 Å². The van der Waals surface area contributed by atoms with Crippen molar-refractivity contribution in [2.45, 2.75) is 20.3 Å². The first kappa shape index (κ1) is 17.7. The fourth-order valence-corrected chi connectivity index (χ4v) is 2.92. The van der Waals surface area contributed by atoms with Crippen LogP contribution in [0.4, 0.5) is 5.69 Å². The van der Waals surface area contributed by atoms with Crippen molar-refractivity contribution in [1.29, 1.82) is 0 Å². The maximum atomic E-state index is 5.98. The molecule has 2 N–H and O–H groups in total. The SMILES string of the molecule is CCOc1cc(Cc2cncnc2)cc(OCC)c1-c1cccc(N)c1. The minimum atomic E-state index is 0.568. The molecule has 0 spiro atoms. The molecule has 1 aromatic heterocycles. The van der Waals surface area contributed by atoms with Crippen LogP contribution in [0.3, 0.4) is 0 Å². The number of nitrogens with zero attached hydrogens (tertiary/aromatic N) is 2. The molecule has 3 rings (SSSR count). The molecule has 1 heterocycles. The van der Waals surface area contributed by atoms with E-state index in [0.717, 1.165) is 33.8 Å². The highest BCUT2D eigenvalue weighted by Gasteiger charge is 2.16. The van der Waals surface area contributed by atoms with Crippen LogP contribution in [0.1, 0.15) is 25.0 Å². The van der Waals surface area contributed by atoms with Gasteiger partial charge in [0.25, 0.3) is 0 Å². The highest BCUT2D eigenvalue weighted by Crippen LogP contribution is 2.41. The average Bonchev–Trinajstić information content (AvgIpc) is 2.63. The van der Waals surface area contributed by atoms with Crippen LogP contribution in [-0.4, -0.2) is 23.2 Å². The molecule has 0 aliphatic rings. The number of nitrogens with two attached hydrogens (primary N) is 1. The number of rotatable bonds is 7. The molecule has 0 saturated carbocycles. The van der Waals surface area contributed by atoms with Crippen LogP contribution in [0.5, 0.6) is 11.5 Å². The van der Waals surface area contributed by atoms with Crippen LogP contribution in [-0.2, 0) is 6.42 Å². The summed E-state index contributed by atoms with van der Waals surface area (Å²) in [5.74, 6) is 1.58. The van der Waals surface area contributed by atoms with E-state index in [1.165, 1.54) is 6.33 Å². The van der Waals surface area contributed by atoms with Crippen LogP contribution < -0.4 is 15.2 Å². The standard InChI is InChI=1S/C21H23N3O2/c1-3-25-19-9-15(8-16-12-23-14-24-13-16)10-20(26-4-2)21(19)17-6-5-7-18(22)11-17/h5-7,9-14H,3-4,8,22H2,1-2H3. The van der Waals surface area contributed by atoms with Gasteiger partial charge in [0.1, 0.15) is 17.8 Å². The summed E-state index contributed by atoms with van der Waals surface area (Å²) in [5, 5.41) is 0. The molecule has 0 saturated heterocycles. The second-order valence-corrected chi connectivity index (χ2v) is 5.88. The molecule has 2 aromatic carbocycles. The number of benzene rings is 2. The molecular weight excluding hydrogens is 326 g/mol. The molecule has 0 bridgehead atoms. The van der Waals surface area contributed by atoms with E-state index >= 15 is 0 Å². The van der Waals surface area contributed by atoms with Gasteiger partial charge in [-0.1, -0.05) is 12.1 Å². The van der Waals surface area contributed by atoms with E-state index in [1.54, 1.807) is 0 Å². The Morgan fingerprint density at radius 2 is 1.54 bits per heavy atom. The van der Waals surface area contributed by atoms with Gasteiger partial charge in [0.2, 0.25) is 0 Å². The Morgan fingerprint density at radius 3 is 2.12 bits per heavy atom. The Kier molecular flexibility index (Phi) is 5.69. The molecule has 0 atom stereocenters. The molecule has 26 heavy (non-hydrogen) atoms. The summed E-state index contributed by atoms with van der Waals surface area (Å²) >= 11 is 0. The van der Waals surface area contributed by atoms with Crippen molar-refractivity contribution in [2.75, 3.05) is 18.9 Å². The quantitative estimate of drug-likeness (QED) is 0.650. The largest absolute Gasteiger partial charge is 0.493 e. The molecule has 0 radical (unpaired) electrons. The minimum absolute atomic E-state index is 0.568. The Labute approximate surface area is 153 Å². The number of hydrogen-bond acceptors (Lipinski definition) is 5. The predicted molar refractivity (Wildman–Crippen MR) is 103 cm³/mol. The molecule has 0 amide bonds. The smallest absolute Gasteiger partial charge is 0.131 e. The average molecular weight is 349 g/mol. The minimum Gasteiger partial charge on any atom is -0.493 e. The highest BCUT2D eigenvalue weighted by atomic mass is 16.5. The Hall–Kier alpha value is -3.08. The maximum absolute atomic E-state index is 5.98. The molecule has 3 aromatic rings. The lowest BCUT2D eigenvalue weighted by molar-refractivity contribution is 0.325. The van der Waals surface area contributed by atoms with Gasteiger partial charge in [0.05, 0.1) is 18.8 Å². The normalized spacial score (nSPS) is 10.5. The number of anilines is 1. The van der Waals surface area contributed by atoms with Crippen LogP contribution in [0.15, 0.2) is 55.1 Å². The van der Waals surface area contributed by atoms with E-state index < -0.39 is 0 Å². The first-order valence-corrected chi connectivity index (χ1v) is 8.73. The van der Waals surface area contributed by atoms with E-state index in [2.05, 4.69) is 22.1 Å². The van der Waals surface area contributed by atoms with Gasteiger partial charge in [0, 0.05) is 24.5 Å². The zero-order valence-electron chi connectivity index (χ0n) is 15.1. The summed E-state index contributed by atoms with van der Waals surface area (Å²) in [6.07, 6.45) is 5.88. The lowest BCUT2D eigenvalue weighted by atomic mass is 9.98. The first-order chi connectivity index (χ1) is 12.7. The molecular formula is C21H23N3O2. The van der Waals surface area contributed by atoms with Crippen LogP contribution in [0.2, 0.25) is 0 Å². The molecule has 5 heteroatoms. The van der Waals surface area contributed by atoms with Crippen LogP contribution >= 0.6 is 0 Å². The fraction of sp³-hybridized carbons (Fsp3) is 0.238. The van der Waals surface area contributed by atoms with Gasteiger partial charge in [-0.15, -0.1) is 0 Å². The van der Waals surface area contributed by atoms with E-state index in [4.69, 9.17) is 15.2 Å². The number of ether oxygens (including phenoxy) is 2. The van der Waals surface area contributed by atoms with Crippen molar-refractivity contribution in [3.8, 4) is 22.6 Å². The second-order valence-electron chi connectivity index (χ2n) is 5.88. The molecule has 5 nitrogen and oxygen atoms in total. The summed E-state index contributed by atoms with van der Waals surface area (Å²) in [6, 6.07) is 11.9. The summed E-state index contributed by atoms with van der Waals surface area (Å²) in [4.78, 5) is 8.17. The first-order valence-electron chi connectivity index (χ1n) is 8.73. The number of nitrogen functional groups attached to an aromatic ring is 1. The summed E-state index contributed by atoms with van der Waals surface area (Å²) in [6.45, 7) is 5.08. The van der Waals surface area contributed by atoms with Crippen LogP contribution in [0.25, 0.3) is 11.1 Å². The lowest BCUT2D eigenvalue weighted by Gasteiger charge is -2.18. The Morgan fingerprint density at radius 1 is 0.885 bits per heavy atom. The van der Waals surface area contributed by atoms with Gasteiger partial charge in [0.15, 0.2) is 0 Å². The third kappa shape index (κ3) is 4.11. The highest BCUT2D eigenvalue weighted by molar-refractivity contribution is 5.79. The van der Waals surface area contributed by atoms with E-state index in [0.29, 0.717) is 25.3 Å². The lowest BCUT2D eigenvalue weighted by Crippen LogP contribution is -2.02. The van der Waals surface area contributed by atoms with Crippen LogP contribution in [0, 0.1) is 0 Å².